The van der Waals surface area contributed by atoms with Crippen molar-refractivity contribution in [3.8, 4) is 6.07 Å². The van der Waals surface area contributed by atoms with Crippen LogP contribution in [-0.2, 0) is 17.8 Å². The number of nitrogens with one attached hydrogen (secondary N) is 1. The molecule has 0 saturated carbocycles. The number of nitrogens with zero attached hydrogens (tertiary/aromatic N) is 1. The van der Waals surface area contributed by atoms with Gasteiger partial charge in [-0.1, -0.05) is 30.3 Å². The van der Waals surface area contributed by atoms with Gasteiger partial charge in [0.15, 0.2) is 0 Å². The first-order chi connectivity index (χ1) is 9.29. The van der Waals surface area contributed by atoms with E-state index in [9.17, 15) is 4.79 Å². The fourth-order valence-electron chi connectivity index (χ4n) is 1.74. The Hall–Kier alpha value is -2.54. The van der Waals surface area contributed by atoms with Crippen LogP contribution in [0.15, 0.2) is 53.1 Å². The molecule has 0 bridgehead atoms. The van der Waals surface area contributed by atoms with Gasteiger partial charge in [0.1, 0.15) is 11.7 Å². The zero-order valence-corrected chi connectivity index (χ0v) is 10.4. The van der Waals surface area contributed by atoms with E-state index in [0.29, 0.717) is 18.7 Å². The predicted octanol–water partition coefficient (Wildman–Crippen LogP) is 2.28. The highest BCUT2D eigenvalue weighted by atomic mass is 16.3. The lowest BCUT2D eigenvalue weighted by Gasteiger charge is -2.09. The molecule has 4 heteroatoms. The lowest BCUT2D eigenvalue weighted by atomic mass is 10.0. The van der Waals surface area contributed by atoms with Crippen molar-refractivity contribution in [2.75, 3.05) is 0 Å². The normalized spacial score (nSPS) is 11.5. The third kappa shape index (κ3) is 3.71. The fraction of sp³-hybridized carbons (Fsp3) is 0.200. The summed E-state index contributed by atoms with van der Waals surface area (Å²) in [5.41, 5.74) is 1.01. The van der Waals surface area contributed by atoms with Crippen LogP contribution in [0.4, 0.5) is 0 Å². The van der Waals surface area contributed by atoms with Crippen molar-refractivity contribution in [1.82, 2.24) is 5.32 Å². The van der Waals surface area contributed by atoms with Gasteiger partial charge in [-0.3, -0.25) is 4.79 Å². The second-order valence-electron chi connectivity index (χ2n) is 4.17. The summed E-state index contributed by atoms with van der Waals surface area (Å²) in [6.07, 6.45) is 1.83. The molecule has 2 rings (SSSR count). The Kier molecular flexibility index (Phi) is 4.35. The maximum atomic E-state index is 11.9. The minimum atomic E-state index is -0.727. The predicted molar refractivity (Wildman–Crippen MR) is 69.8 cm³/mol. The highest BCUT2D eigenvalue weighted by molar-refractivity contribution is 5.81. The fourth-order valence-corrected chi connectivity index (χ4v) is 1.74. The van der Waals surface area contributed by atoms with Gasteiger partial charge in [-0.15, -0.1) is 0 Å². The van der Waals surface area contributed by atoms with Gasteiger partial charge in [0.2, 0.25) is 5.91 Å². The molecule has 2 aromatic rings. The van der Waals surface area contributed by atoms with Gasteiger partial charge >= 0.3 is 0 Å². The van der Waals surface area contributed by atoms with E-state index in [1.165, 1.54) is 6.26 Å². The Morgan fingerprint density at radius 3 is 2.68 bits per heavy atom. The van der Waals surface area contributed by atoms with Crippen LogP contribution >= 0.6 is 0 Å². The molecule has 96 valence electrons. The number of benzene rings is 1. The standard InChI is InChI=1S/C15H14N2O2/c16-10-13(9-14-7-4-8-19-14)15(18)17-11-12-5-2-1-3-6-12/h1-8,13H,9,11H2,(H,17,18). The topological polar surface area (TPSA) is 66.0 Å². The van der Waals surface area contributed by atoms with Gasteiger partial charge in [0.25, 0.3) is 0 Å². The van der Waals surface area contributed by atoms with Crippen molar-refractivity contribution in [3.05, 3.63) is 60.1 Å². The number of rotatable bonds is 5. The van der Waals surface area contributed by atoms with Crippen LogP contribution in [0.3, 0.4) is 0 Å². The maximum absolute atomic E-state index is 11.9. The van der Waals surface area contributed by atoms with Crippen LogP contribution in [0.2, 0.25) is 0 Å². The molecule has 0 fully saturated rings. The van der Waals surface area contributed by atoms with Crippen LogP contribution in [-0.4, -0.2) is 5.91 Å². The van der Waals surface area contributed by atoms with Crippen molar-refractivity contribution >= 4 is 5.91 Å². The number of carbonyl (C=O) groups excluding carboxylic acids is 1. The quantitative estimate of drug-likeness (QED) is 0.890. The molecule has 1 heterocycles. The van der Waals surface area contributed by atoms with E-state index in [1.807, 2.05) is 36.4 Å². The monoisotopic (exact) mass is 254 g/mol. The molecular formula is C15H14N2O2. The van der Waals surface area contributed by atoms with E-state index in [0.717, 1.165) is 5.56 Å². The van der Waals surface area contributed by atoms with Crippen molar-refractivity contribution < 1.29 is 9.21 Å². The zero-order chi connectivity index (χ0) is 13.5. The average Bonchev–Trinajstić information content (AvgIpc) is 2.96. The van der Waals surface area contributed by atoms with Gasteiger partial charge in [-0.05, 0) is 17.7 Å². The molecule has 1 aromatic heterocycles. The minimum Gasteiger partial charge on any atom is -0.469 e. The zero-order valence-electron chi connectivity index (χ0n) is 10.4. The molecule has 0 spiro atoms. The van der Waals surface area contributed by atoms with Gasteiger partial charge in [0, 0.05) is 13.0 Å². The van der Waals surface area contributed by atoms with Gasteiger partial charge in [-0.2, -0.15) is 5.26 Å². The number of amides is 1. The SMILES string of the molecule is N#CC(Cc1ccco1)C(=O)NCc1ccccc1. The number of nitriles is 1. The molecule has 1 aromatic carbocycles. The molecular weight excluding hydrogens is 240 g/mol. The summed E-state index contributed by atoms with van der Waals surface area (Å²) in [7, 11) is 0. The van der Waals surface area contributed by atoms with Crippen LogP contribution in [0.25, 0.3) is 0 Å². The molecule has 1 atom stereocenters. The van der Waals surface area contributed by atoms with Gasteiger partial charge in [-0.25, -0.2) is 0 Å². The summed E-state index contributed by atoms with van der Waals surface area (Å²) < 4.78 is 5.15. The van der Waals surface area contributed by atoms with Crippen LogP contribution in [0.5, 0.6) is 0 Å². The summed E-state index contributed by atoms with van der Waals surface area (Å²) in [4.78, 5) is 11.9. The number of hydrogen-bond donors (Lipinski definition) is 1. The Morgan fingerprint density at radius 2 is 2.05 bits per heavy atom. The van der Waals surface area contributed by atoms with Gasteiger partial charge in [0.05, 0.1) is 12.3 Å². The van der Waals surface area contributed by atoms with E-state index in [1.54, 1.807) is 12.1 Å². The molecule has 19 heavy (non-hydrogen) atoms. The summed E-state index contributed by atoms with van der Waals surface area (Å²) >= 11 is 0. The molecule has 0 saturated heterocycles. The second kappa shape index (κ2) is 6.41. The Balaban J connectivity index is 1.89. The first kappa shape index (κ1) is 12.9. The smallest absolute Gasteiger partial charge is 0.238 e. The highest BCUT2D eigenvalue weighted by Gasteiger charge is 2.19. The summed E-state index contributed by atoms with van der Waals surface area (Å²) in [6.45, 7) is 0.427. The van der Waals surface area contributed by atoms with Crippen molar-refractivity contribution in [3.63, 3.8) is 0 Å². The van der Waals surface area contributed by atoms with Crippen molar-refractivity contribution in [1.29, 1.82) is 5.26 Å². The van der Waals surface area contributed by atoms with E-state index in [4.69, 9.17) is 9.68 Å². The maximum Gasteiger partial charge on any atom is 0.238 e. The first-order valence-corrected chi connectivity index (χ1v) is 6.03. The summed E-state index contributed by atoms with van der Waals surface area (Å²) in [6, 6.07) is 15.1. The third-order valence-electron chi connectivity index (χ3n) is 2.77. The van der Waals surface area contributed by atoms with E-state index in [-0.39, 0.29) is 5.91 Å². The van der Waals surface area contributed by atoms with E-state index in [2.05, 4.69) is 5.32 Å². The molecule has 0 radical (unpaired) electrons. The van der Waals surface area contributed by atoms with E-state index < -0.39 is 5.92 Å². The van der Waals surface area contributed by atoms with Crippen molar-refractivity contribution in [2.45, 2.75) is 13.0 Å². The molecule has 0 aliphatic carbocycles. The van der Waals surface area contributed by atoms with Gasteiger partial charge < -0.3 is 9.73 Å². The summed E-state index contributed by atoms with van der Waals surface area (Å²) in [5, 5.41) is 11.8. The molecule has 1 amide bonds. The Bertz CT molecular complexity index is 556. The number of carbonyl (C=O) groups is 1. The Labute approximate surface area is 111 Å². The first-order valence-electron chi connectivity index (χ1n) is 6.03. The molecule has 0 aliphatic rings. The third-order valence-corrected chi connectivity index (χ3v) is 2.77. The highest BCUT2D eigenvalue weighted by Crippen LogP contribution is 2.09. The number of hydrogen-bond acceptors (Lipinski definition) is 3. The van der Waals surface area contributed by atoms with Crippen molar-refractivity contribution in [2.24, 2.45) is 5.92 Å². The van der Waals surface area contributed by atoms with Crippen LogP contribution in [0.1, 0.15) is 11.3 Å². The molecule has 1 unspecified atom stereocenters. The summed E-state index contributed by atoms with van der Waals surface area (Å²) in [5.74, 6) is -0.362. The lowest BCUT2D eigenvalue weighted by molar-refractivity contribution is -0.123. The largest absolute Gasteiger partial charge is 0.469 e. The van der Waals surface area contributed by atoms with Crippen LogP contribution < -0.4 is 5.32 Å². The Morgan fingerprint density at radius 1 is 1.26 bits per heavy atom. The average molecular weight is 254 g/mol. The van der Waals surface area contributed by atoms with E-state index >= 15 is 0 Å². The van der Waals surface area contributed by atoms with Crippen LogP contribution in [0, 0.1) is 17.2 Å². The second-order valence-corrected chi connectivity index (χ2v) is 4.17. The lowest BCUT2D eigenvalue weighted by Crippen LogP contribution is -2.30. The molecule has 1 N–H and O–H groups in total. The number of furan rings is 1. The minimum absolute atomic E-state index is 0.275. The molecule has 4 nitrogen and oxygen atoms in total. The molecule has 0 aliphatic heterocycles.